The van der Waals surface area contributed by atoms with Crippen LogP contribution in [0.3, 0.4) is 0 Å². The number of hydrogen-bond donors (Lipinski definition) is 2. The van der Waals surface area contributed by atoms with Crippen LogP contribution in [0.25, 0.3) is 0 Å². The van der Waals surface area contributed by atoms with E-state index in [2.05, 4.69) is 17.2 Å². The maximum absolute atomic E-state index is 11.9. The van der Waals surface area contributed by atoms with Crippen molar-refractivity contribution in [3.05, 3.63) is 30.3 Å². The van der Waals surface area contributed by atoms with Gasteiger partial charge in [0.05, 0.1) is 10.8 Å². The van der Waals surface area contributed by atoms with Crippen LogP contribution in [0.5, 0.6) is 0 Å². The number of rotatable bonds is 7. The molecule has 0 aliphatic rings. The molecule has 0 bridgehead atoms. The number of nitrogens with zero attached hydrogens (tertiary/aromatic N) is 1. The number of benzene rings is 1. The van der Waals surface area contributed by atoms with Crippen molar-refractivity contribution in [1.29, 1.82) is 0 Å². The summed E-state index contributed by atoms with van der Waals surface area (Å²) >= 11 is 0. The van der Waals surface area contributed by atoms with Crippen molar-refractivity contribution < 1.29 is 4.21 Å². The molecule has 0 aliphatic heterocycles. The van der Waals surface area contributed by atoms with Crippen molar-refractivity contribution in [2.45, 2.75) is 24.7 Å². The van der Waals surface area contributed by atoms with Gasteiger partial charge < -0.3 is 11.1 Å². The van der Waals surface area contributed by atoms with Crippen LogP contribution >= 0.6 is 0 Å². The Labute approximate surface area is 111 Å². The van der Waals surface area contributed by atoms with E-state index in [1.165, 1.54) is 0 Å². The predicted molar refractivity (Wildman–Crippen MR) is 77.1 cm³/mol. The quantitative estimate of drug-likeness (QED) is 0.447. The number of nitrogens with one attached hydrogen (secondary N) is 1. The molecule has 0 heterocycles. The second-order valence-corrected chi connectivity index (χ2v) is 5.48. The molecule has 0 saturated carbocycles. The highest BCUT2D eigenvalue weighted by Crippen LogP contribution is 2.04. The monoisotopic (exact) mass is 267 g/mol. The Morgan fingerprint density at radius 2 is 2.11 bits per heavy atom. The van der Waals surface area contributed by atoms with E-state index in [-0.39, 0.29) is 0 Å². The van der Waals surface area contributed by atoms with Gasteiger partial charge in [-0.15, -0.1) is 0 Å². The van der Waals surface area contributed by atoms with Crippen molar-refractivity contribution in [3.63, 3.8) is 0 Å². The van der Waals surface area contributed by atoms with Crippen molar-refractivity contribution >= 4 is 16.8 Å². The van der Waals surface area contributed by atoms with Gasteiger partial charge in [-0.05, 0) is 18.6 Å². The summed E-state index contributed by atoms with van der Waals surface area (Å²) in [6.07, 6.45) is 2.15. The average molecular weight is 267 g/mol. The number of nitrogens with two attached hydrogens (primary N) is 1. The summed E-state index contributed by atoms with van der Waals surface area (Å²) < 4.78 is 11.9. The summed E-state index contributed by atoms with van der Waals surface area (Å²) in [5.41, 5.74) is 5.68. The van der Waals surface area contributed by atoms with Gasteiger partial charge in [-0.25, -0.2) is 0 Å². The van der Waals surface area contributed by atoms with E-state index in [0.717, 1.165) is 24.3 Å². The van der Waals surface area contributed by atoms with E-state index in [1.54, 1.807) is 0 Å². The first kappa shape index (κ1) is 14.7. The lowest BCUT2D eigenvalue weighted by Crippen LogP contribution is -2.34. The van der Waals surface area contributed by atoms with E-state index < -0.39 is 10.8 Å². The van der Waals surface area contributed by atoms with Crippen LogP contribution in [-0.4, -0.2) is 29.0 Å². The molecule has 1 rings (SSSR count). The van der Waals surface area contributed by atoms with Gasteiger partial charge in [0.25, 0.3) is 0 Å². The number of guanidine groups is 1. The van der Waals surface area contributed by atoms with Gasteiger partial charge in [0.1, 0.15) is 0 Å². The number of unbranched alkanes of at least 4 members (excludes halogenated alkanes) is 1. The fourth-order valence-electron chi connectivity index (χ4n) is 1.38. The van der Waals surface area contributed by atoms with Crippen molar-refractivity contribution in [2.75, 3.05) is 18.8 Å². The molecular weight excluding hydrogens is 246 g/mol. The van der Waals surface area contributed by atoms with Gasteiger partial charge in [-0.2, -0.15) is 0 Å². The van der Waals surface area contributed by atoms with Gasteiger partial charge in [0, 0.05) is 23.7 Å². The first-order valence-electron chi connectivity index (χ1n) is 6.21. The maximum Gasteiger partial charge on any atom is 0.188 e. The lowest BCUT2D eigenvalue weighted by Gasteiger charge is -2.05. The first-order valence-corrected chi connectivity index (χ1v) is 7.53. The van der Waals surface area contributed by atoms with Gasteiger partial charge in [-0.1, -0.05) is 31.5 Å². The van der Waals surface area contributed by atoms with Crippen molar-refractivity contribution in [1.82, 2.24) is 5.32 Å². The molecule has 5 heteroatoms. The van der Waals surface area contributed by atoms with E-state index in [0.29, 0.717) is 18.3 Å². The zero-order chi connectivity index (χ0) is 13.2. The third-order valence-corrected chi connectivity index (χ3v) is 3.77. The van der Waals surface area contributed by atoms with Gasteiger partial charge in [-0.3, -0.25) is 9.20 Å². The minimum atomic E-state index is -0.980. The Balaban J connectivity index is 2.25. The molecule has 0 radical (unpaired) electrons. The SMILES string of the molecule is CCCCN=C(N)NCCS(=O)c1ccccc1. The molecule has 1 atom stereocenters. The molecule has 4 nitrogen and oxygen atoms in total. The summed E-state index contributed by atoms with van der Waals surface area (Å²) in [4.78, 5) is 5.02. The Morgan fingerprint density at radius 3 is 2.78 bits per heavy atom. The van der Waals surface area contributed by atoms with Crippen LogP contribution in [0.1, 0.15) is 19.8 Å². The fourth-order valence-corrected chi connectivity index (χ4v) is 2.36. The standard InChI is InChI=1S/C13H21N3OS/c1-2-3-9-15-13(14)16-10-11-18(17)12-7-5-4-6-8-12/h4-8H,2-3,9-11H2,1H3,(H3,14,15,16). The molecule has 0 fully saturated rings. The highest BCUT2D eigenvalue weighted by molar-refractivity contribution is 7.85. The summed E-state index contributed by atoms with van der Waals surface area (Å²) in [7, 11) is -0.980. The fraction of sp³-hybridized carbons (Fsp3) is 0.462. The van der Waals surface area contributed by atoms with Crippen LogP contribution in [0.4, 0.5) is 0 Å². The Kier molecular flexibility index (Phi) is 7.10. The van der Waals surface area contributed by atoms with Crippen LogP contribution in [0.2, 0.25) is 0 Å². The molecule has 1 aromatic carbocycles. The first-order chi connectivity index (χ1) is 8.74. The Morgan fingerprint density at radius 1 is 1.39 bits per heavy atom. The maximum atomic E-state index is 11.9. The lowest BCUT2D eigenvalue weighted by atomic mass is 10.3. The Hall–Kier alpha value is -1.36. The van der Waals surface area contributed by atoms with E-state index in [9.17, 15) is 4.21 Å². The second-order valence-electron chi connectivity index (χ2n) is 3.91. The summed E-state index contributed by atoms with van der Waals surface area (Å²) in [6.45, 7) is 3.43. The molecule has 0 amide bonds. The van der Waals surface area contributed by atoms with E-state index >= 15 is 0 Å². The largest absolute Gasteiger partial charge is 0.370 e. The van der Waals surface area contributed by atoms with E-state index in [1.807, 2.05) is 30.3 Å². The van der Waals surface area contributed by atoms with Crippen molar-refractivity contribution in [2.24, 2.45) is 10.7 Å². The molecule has 1 aromatic rings. The molecule has 0 aromatic heterocycles. The van der Waals surface area contributed by atoms with Crippen LogP contribution < -0.4 is 11.1 Å². The molecular formula is C13H21N3OS. The smallest absolute Gasteiger partial charge is 0.188 e. The second kappa shape index (κ2) is 8.69. The average Bonchev–Trinajstić information content (AvgIpc) is 2.40. The molecule has 0 aliphatic carbocycles. The molecule has 0 spiro atoms. The topological polar surface area (TPSA) is 67.5 Å². The van der Waals surface area contributed by atoms with Gasteiger partial charge in [0.2, 0.25) is 0 Å². The minimum Gasteiger partial charge on any atom is -0.370 e. The zero-order valence-electron chi connectivity index (χ0n) is 10.8. The minimum absolute atomic E-state index is 0.438. The summed E-state index contributed by atoms with van der Waals surface area (Å²) in [5, 5.41) is 2.98. The lowest BCUT2D eigenvalue weighted by molar-refractivity contribution is 0.681. The predicted octanol–water partition coefficient (Wildman–Crippen LogP) is 1.50. The highest BCUT2D eigenvalue weighted by Gasteiger charge is 2.02. The third-order valence-electron chi connectivity index (χ3n) is 2.39. The molecule has 1 unspecified atom stereocenters. The molecule has 0 saturated heterocycles. The normalized spacial score (nSPS) is 13.3. The summed E-state index contributed by atoms with van der Waals surface area (Å²) in [5.74, 6) is 0.974. The number of hydrogen-bond acceptors (Lipinski definition) is 2. The van der Waals surface area contributed by atoms with Crippen molar-refractivity contribution in [3.8, 4) is 0 Å². The van der Waals surface area contributed by atoms with Crippen LogP contribution in [-0.2, 0) is 10.8 Å². The number of aliphatic imine (C=N–C) groups is 1. The van der Waals surface area contributed by atoms with Crippen LogP contribution in [0.15, 0.2) is 40.2 Å². The highest BCUT2D eigenvalue weighted by atomic mass is 32.2. The molecule has 100 valence electrons. The van der Waals surface area contributed by atoms with E-state index in [4.69, 9.17) is 5.73 Å². The van der Waals surface area contributed by atoms with Gasteiger partial charge in [0.15, 0.2) is 5.96 Å². The molecule has 3 N–H and O–H groups in total. The van der Waals surface area contributed by atoms with Gasteiger partial charge >= 0.3 is 0 Å². The summed E-state index contributed by atoms with van der Waals surface area (Å²) in [6, 6.07) is 9.43. The zero-order valence-corrected chi connectivity index (χ0v) is 11.6. The molecule has 18 heavy (non-hydrogen) atoms. The van der Waals surface area contributed by atoms with Crippen LogP contribution in [0, 0.1) is 0 Å². The third kappa shape index (κ3) is 5.82. The Bertz CT molecular complexity index is 392.